The molecule has 1 aromatic heterocycles. The van der Waals surface area contributed by atoms with Crippen molar-refractivity contribution in [1.82, 2.24) is 10.3 Å². The highest BCUT2D eigenvalue weighted by molar-refractivity contribution is 6.41. The molecule has 2 unspecified atom stereocenters. The van der Waals surface area contributed by atoms with Crippen molar-refractivity contribution < 1.29 is 9.90 Å². The van der Waals surface area contributed by atoms with Crippen LogP contribution in [0.15, 0.2) is 12.3 Å². The molecule has 4 nitrogen and oxygen atoms in total. The van der Waals surface area contributed by atoms with Gasteiger partial charge in [-0.25, -0.2) is 4.98 Å². The standard InChI is InChI=1S/C12H14Cl2N2O2/c13-9-4-8(6-15-11(9)14)12(18)16-5-7-2-1-3-10(7)17/h4,6-7,10,17H,1-3,5H2,(H,16,18). The highest BCUT2D eigenvalue weighted by Crippen LogP contribution is 2.25. The fourth-order valence-corrected chi connectivity index (χ4v) is 2.40. The van der Waals surface area contributed by atoms with E-state index in [1.807, 2.05) is 0 Å². The molecule has 2 atom stereocenters. The summed E-state index contributed by atoms with van der Waals surface area (Å²) in [5.74, 6) is -0.107. The van der Waals surface area contributed by atoms with Gasteiger partial charge in [0.25, 0.3) is 5.91 Å². The molecule has 0 aromatic carbocycles. The first-order valence-corrected chi connectivity index (χ1v) is 6.61. The molecule has 18 heavy (non-hydrogen) atoms. The third-order valence-corrected chi connectivity index (χ3v) is 3.89. The van der Waals surface area contributed by atoms with Crippen molar-refractivity contribution in [3.8, 4) is 0 Å². The number of hydrogen-bond donors (Lipinski definition) is 2. The molecule has 1 aliphatic carbocycles. The number of nitrogens with zero attached hydrogens (tertiary/aromatic N) is 1. The smallest absolute Gasteiger partial charge is 0.252 e. The second-order valence-electron chi connectivity index (χ2n) is 4.46. The number of carbonyl (C=O) groups is 1. The highest BCUT2D eigenvalue weighted by atomic mass is 35.5. The molecule has 1 amide bonds. The van der Waals surface area contributed by atoms with Crippen molar-refractivity contribution in [3.63, 3.8) is 0 Å². The van der Waals surface area contributed by atoms with E-state index in [0.717, 1.165) is 19.3 Å². The summed E-state index contributed by atoms with van der Waals surface area (Å²) in [7, 11) is 0. The average molecular weight is 289 g/mol. The predicted octanol–water partition coefficient (Wildman–Crippen LogP) is 2.28. The first-order valence-electron chi connectivity index (χ1n) is 5.85. The Morgan fingerprint density at radius 1 is 1.50 bits per heavy atom. The lowest BCUT2D eigenvalue weighted by atomic mass is 10.1. The zero-order valence-electron chi connectivity index (χ0n) is 9.70. The lowest BCUT2D eigenvalue weighted by molar-refractivity contribution is 0.0916. The summed E-state index contributed by atoms with van der Waals surface area (Å²) in [6.45, 7) is 0.472. The predicted molar refractivity (Wildman–Crippen MR) is 69.9 cm³/mol. The highest BCUT2D eigenvalue weighted by Gasteiger charge is 2.25. The number of carbonyl (C=O) groups excluding carboxylic acids is 1. The van der Waals surface area contributed by atoms with Crippen molar-refractivity contribution in [2.75, 3.05) is 6.54 Å². The Morgan fingerprint density at radius 2 is 2.28 bits per heavy atom. The number of rotatable bonds is 3. The summed E-state index contributed by atoms with van der Waals surface area (Å²) in [4.78, 5) is 15.7. The second kappa shape index (κ2) is 5.87. The maximum atomic E-state index is 11.8. The monoisotopic (exact) mass is 288 g/mol. The molecule has 1 aliphatic rings. The Hall–Kier alpha value is -0.840. The van der Waals surface area contributed by atoms with Gasteiger partial charge in [0, 0.05) is 18.7 Å². The van der Waals surface area contributed by atoms with Gasteiger partial charge in [-0.3, -0.25) is 4.79 Å². The summed E-state index contributed by atoms with van der Waals surface area (Å²) < 4.78 is 0. The Bertz CT molecular complexity index is 454. The molecule has 0 spiro atoms. The summed E-state index contributed by atoms with van der Waals surface area (Å²) >= 11 is 11.5. The van der Waals surface area contributed by atoms with Gasteiger partial charge in [0.15, 0.2) is 0 Å². The molecular weight excluding hydrogens is 275 g/mol. The van der Waals surface area contributed by atoms with Crippen LogP contribution in [0.5, 0.6) is 0 Å². The minimum absolute atomic E-state index is 0.143. The van der Waals surface area contributed by atoms with E-state index in [9.17, 15) is 9.90 Å². The SMILES string of the molecule is O=C(NCC1CCCC1O)c1cnc(Cl)c(Cl)c1. The van der Waals surface area contributed by atoms with Crippen molar-refractivity contribution in [2.24, 2.45) is 5.92 Å². The molecule has 2 N–H and O–H groups in total. The van der Waals surface area contributed by atoms with Gasteiger partial charge < -0.3 is 10.4 Å². The van der Waals surface area contributed by atoms with Crippen LogP contribution in [0.25, 0.3) is 0 Å². The first kappa shape index (κ1) is 13.6. The normalized spacial score (nSPS) is 23.1. The topological polar surface area (TPSA) is 62.2 Å². The number of aliphatic hydroxyl groups excluding tert-OH is 1. The van der Waals surface area contributed by atoms with Gasteiger partial charge in [0.1, 0.15) is 5.15 Å². The van der Waals surface area contributed by atoms with Crippen LogP contribution < -0.4 is 5.32 Å². The molecule has 1 heterocycles. The number of halogens is 2. The average Bonchev–Trinajstić information content (AvgIpc) is 2.75. The molecule has 0 bridgehead atoms. The van der Waals surface area contributed by atoms with Crippen molar-refractivity contribution in [1.29, 1.82) is 0 Å². The van der Waals surface area contributed by atoms with E-state index >= 15 is 0 Å². The number of pyridine rings is 1. The van der Waals surface area contributed by atoms with Crippen LogP contribution in [0.4, 0.5) is 0 Å². The molecule has 0 radical (unpaired) electrons. The van der Waals surface area contributed by atoms with E-state index in [1.165, 1.54) is 12.3 Å². The number of aromatic nitrogens is 1. The first-order chi connectivity index (χ1) is 8.58. The number of hydrogen-bond acceptors (Lipinski definition) is 3. The van der Waals surface area contributed by atoms with E-state index < -0.39 is 0 Å². The van der Waals surface area contributed by atoms with E-state index in [-0.39, 0.29) is 28.1 Å². The fourth-order valence-electron chi connectivity index (χ4n) is 2.13. The van der Waals surface area contributed by atoms with Crippen LogP contribution in [0.2, 0.25) is 10.2 Å². The van der Waals surface area contributed by atoms with Crippen molar-refractivity contribution >= 4 is 29.1 Å². The van der Waals surface area contributed by atoms with Crippen LogP contribution in [-0.2, 0) is 0 Å². The van der Waals surface area contributed by atoms with Crippen molar-refractivity contribution in [3.05, 3.63) is 28.0 Å². The lowest BCUT2D eigenvalue weighted by Crippen LogP contribution is -2.32. The maximum Gasteiger partial charge on any atom is 0.252 e. The molecule has 0 aliphatic heterocycles. The molecule has 2 rings (SSSR count). The molecule has 6 heteroatoms. The largest absolute Gasteiger partial charge is 0.393 e. The maximum absolute atomic E-state index is 11.8. The third kappa shape index (κ3) is 3.13. The van der Waals surface area contributed by atoms with Gasteiger partial charge in [0.05, 0.1) is 16.7 Å². The number of aliphatic hydroxyl groups is 1. The molecule has 1 saturated carbocycles. The van der Waals surface area contributed by atoms with Gasteiger partial charge in [-0.05, 0) is 18.9 Å². The Morgan fingerprint density at radius 3 is 2.89 bits per heavy atom. The van der Waals surface area contributed by atoms with Gasteiger partial charge in [0.2, 0.25) is 0 Å². The van der Waals surface area contributed by atoms with Gasteiger partial charge in [-0.1, -0.05) is 29.6 Å². The van der Waals surface area contributed by atoms with Crippen molar-refractivity contribution in [2.45, 2.75) is 25.4 Å². The van der Waals surface area contributed by atoms with Crippen LogP contribution >= 0.6 is 23.2 Å². The minimum atomic E-state index is -0.308. The zero-order chi connectivity index (χ0) is 13.1. The van der Waals surface area contributed by atoms with Gasteiger partial charge in [-0.15, -0.1) is 0 Å². The summed E-state index contributed by atoms with van der Waals surface area (Å²) in [6, 6.07) is 1.48. The van der Waals surface area contributed by atoms with Crippen LogP contribution in [0.3, 0.4) is 0 Å². The summed E-state index contributed by atoms with van der Waals surface area (Å²) in [5.41, 5.74) is 0.372. The number of nitrogens with one attached hydrogen (secondary N) is 1. The Balaban J connectivity index is 1.93. The van der Waals surface area contributed by atoms with E-state index in [0.29, 0.717) is 12.1 Å². The summed E-state index contributed by atoms with van der Waals surface area (Å²) in [5, 5.41) is 12.9. The summed E-state index contributed by atoms with van der Waals surface area (Å²) in [6.07, 6.45) is 3.85. The van der Waals surface area contributed by atoms with Crippen LogP contribution in [0.1, 0.15) is 29.6 Å². The van der Waals surface area contributed by atoms with E-state index in [4.69, 9.17) is 23.2 Å². The fraction of sp³-hybridized carbons (Fsp3) is 0.500. The zero-order valence-corrected chi connectivity index (χ0v) is 11.2. The van der Waals surface area contributed by atoms with Gasteiger partial charge >= 0.3 is 0 Å². The second-order valence-corrected chi connectivity index (χ2v) is 5.23. The van der Waals surface area contributed by atoms with E-state index in [1.54, 1.807) is 0 Å². The quantitative estimate of drug-likeness (QED) is 0.839. The molecular formula is C12H14Cl2N2O2. The van der Waals surface area contributed by atoms with Gasteiger partial charge in [-0.2, -0.15) is 0 Å². The lowest BCUT2D eigenvalue weighted by Gasteiger charge is -2.15. The minimum Gasteiger partial charge on any atom is -0.393 e. The Kier molecular flexibility index (Phi) is 4.43. The third-order valence-electron chi connectivity index (χ3n) is 3.20. The molecule has 98 valence electrons. The molecule has 1 aromatic rings. The molecule has 1 fully saturated rings. The number of amides is 1. The molecule has 0 saturated heterocycles. The van der Waals surface area contributed by atoms with Crippen LogP contribution in [0, 0.1) is 5.92 Å². The van der Waals surface area contributed by atoms with Crippen LogP contribution in [-0.4, -0.2) is 28.6 Å². The van der Waals surface area contributed by atoms with E-state index in [2.05, 4.69) is 10.3 Å². The Labute approximate surface area is 115 Å².